The van der Waals surface area contributed by atoms with Crippen LogP contribution >= 0.6 is 0 Å². The van der Waals surface area contributed by atoms with Gasteiger partial charge in [-0.3, -0.25) is 9.52 Å². The van der Waals surface area contributed by atoms with Crippen molar-refractivity contribution in [1.29, 1.82) is 0 Å². The molecule has 3 aromatic rings. The number of rotatable bonds is 8. The molecule has 4 rings (SSSR count). The van der Waals surface area contributed by atoms with E-state index < -0.39 is 10.0 Å². The zero-order valence-corrected chi connectivity index (χ0v) is 19.7. The summed E-state index contributed by atoms with van der Waals surface area (Å²) in [4.78, 5) is 12.8. The minimum Gasteiger partial charge on any atom is -0.494 e. The van der Waals surface area contributed by atoms with Gasteiger partial charge in [0.25, 0.3) is 15.9 Å². The number of amides is 1. The average molecular weight is 483 g/mol. The molecular weight excluding hydrogens is 456 g/mol. The number of benzene rings is 3. The Labute approximate surface area is 198 Å². The van der Waals surface area contributed by atoms with Crippen LogP contribution in [0.2, 0.25) is 0 Å². The van der Waals surface area contributed by atoms with Gasteiger partial charge in [-0.2, -0.15) is 0 Å². The fraction of sp³-hybridized carbons (Fsp3) is 0.240. The lowest BCUT2D eigenvalue weighted by molar-refractivity contribution is 0.0940. The number of fused-ring (bicyclic) bond motifs is 1. The highest BCUT2D eigenvalue weighted by Crippen LogP contribution is 2.32. The van der Waals surface area contributed by atoms with E-state index in [0.29, 0.717) is 36.9 Å². The van der Waals surface area contributed by atoms with Crippen molar-refractivity contribution in [3.8, 4) is 17.2 Å². The first-order chi connectivity index (χ1) is 16.4. The summed E-state index contributed by atoms with van der Waals surface area (Å²) in [6.07, 6.45) is 0. The summed E-state index contributed by atoms with van der Waals surface area (Å²) < 4.78 is 44.7. The Morgan fingerprint density at radius 1 is 1.00 bits per heavy atom. The first kappa shape index (κ1) is 23.4. The van der Waals surface area contributed by atoms with Crippen molar-refractivity contribution in [3.05, 3.63) is 77.9 Å². The maximum absolute atomic E-state index is 12.9. The third-order valence-electron chi connectivity index (χ3n) is 5.24. The molecule has 8 nitrogen and oxygen atoms in total. The molecule has 1 atom stereocenters. The van der Waals surface area contributed by atoms with Crippen LogP contribution in [0.15, 0.2) is 71.6 Å². The number of anilines is 1. The van der Waals surface area contributed by atoms with E-state index in [-0.39, 0.29) is 22.5 Å². The molecule has 0 radical (unpaired) electrons. The standard InChI is InChI=1S/C25H26N2O6S/c1-3-31-21-9-7-18(8-10-21)17(2)26-25(28)19-5-4-6-20(15-19)27-34(29,30)22-11-12-23-24(16-22)33-14-13-32-23/h4-12,15-17,27H,3,13-14H2,1-2H3,(H,26,28). The van der Waals surface area contributed by atoms with Crippen molar-refractivity contribution in [2.45, 2.75) is 24.8 Å². The average Bonchev–Trinajstić information content (AvgIpc) is 2.84. The smallest absolute Gasteiger partial charge is 0.262 e. The molecule has 0 saturated heterocycles. The molecule has 1 aliphatic rings. The van der Waals surface area contributed by atoms with Gasteiger partial charge in [-0.1, -0.05) is 18.2 Å². The van der Waals surface area contributed by atoms with E-state index in [9.17, 15) is 13.2 Å². The molecule has 0 saturated carbocycles. The number of carbonyl (C=O) groups is 1. The van der Waals surface area contributed by atoms with Crippen LogP contribution in [0.3, 0.4) is 0 Å². The lowest BCUT2D eigenvalue weighted by Gasteiger charge is -2.19. The van der Waals surface area contributed by atoms with Crippen molar-refractivity contribution < 1.29 is 27.4 Å². The predicted octanol–water partition coefficient (Wildman–Crippen LogP) is 4.15. The quantitative estimate of drug-likeness (QED) is 0.500. The van der Waals surface area contributed by atoms with Gasteiger partial charge in [0.15, 0.2) is 11.5 Å². The maximum Gasteiger partial charge on any atom is 0.262 e. The van der Waals surface area contributed by atoms with Gasteiger partial charge >= 0.3 is 0 Å². The Morgan fingerprint density at radius 3 is 2.47 bits per heavy atom. The first-order valence-electron chi connectivity index (χ1n) is 10.9. The lowest BCUT2D eigenvalue weighted by Crippen LogP contribution is -2.26. The van der Waals surface area contributed by atoms with Crippen LogP contribution in [-0.2, 0) is 10.0 Å². The summed E-state index contributed by atoms with van der Waals surface area (Å²) in [5.74, 6) is 1.33. The Balaban J connectivity index is 1.45. The minimum atomic E-state index is -3.89. The van der Waals surface area contributed by atoms with Gasteiger partial charge in [-0.25, -0.2) is 8.42 Å². The molecule has 1 amide bonds. The molecule has 1 unspecified atom stereocenters. The summed E-state index contributed by atoms with van der Waals surface area (Å²) in [5, 5.41) is 2.93. The summed E-state index contributed by atoms with van der Waals surface area (Å²) in [7, 11) is -3.89. The molecule has 1 aliphatic heterocycles. The van der Waals surface area contributed by atoms with Crippen molar-refractivity contribution in [3.63, 3.8) is 0 Å². The van der Waals surface area contributed by atoms with Crippen molar-refractivity contribution >= 4 is 21.6 Å². The molecule has 178 valence electrons. The molecule has 9 heteroatoms. The molecule has 0 fully saturated rings. The van der Waals surface area contributed by atoms with Crippen LogP contribution in [-0.4, -0.2) is 34.1 Å². The van der Waals surface area contributed by atoms with E-state index in [4.69, 9.17) is 14.2 Å². The lowest BCUT2D eigenvalue weighted by atomic mass is 10.1. The Bertz CT molecular complexity index is 1270. The van der Waals surface area contributed by atoms with Gasteiger partial charge in [0.2, 0.25) is 0 Å². The highest BCUT2D eigenvalue weighted by molar-refractivity contribution is 7.92. The summed E-state index contributed by atoms with van der Waals surface area (Å²) in [5.41, 5.74) is 1.53. The maximum atomic E-state index is 12.9. The fourth-order valence-electron chi connectivity index (χ4n) is 3.51. The first-order valence-corrected chi connectivity index (χ1v) is 12.4. The molecular formula is C25H26N2O6S. The van der Waals surface area contributed by atoms with E-state index in [1.807, 2.05) is 38.1 Å². The van der Waals surface area contributed by atoms with Crippen LogP contribution in [0.5, 0.6) is 17.2 Å². The number of sulfonamides is 1. The van der Waals surface area contributed by atoms with Gasteiger partial charge in [-0.05, 0) is 61.9 Å². The van der Waals surface area contributed by atoms with Crippen molar-refractivity contribution in [2.75, 3.05) is 24.5 Å². The van der Waals surface area contributed by atoms with E-state index in [2.05, 4.69) is 10.0 Å². The summed E-state index contributed by atoms with van der Waals surface area (Å²) >= 11 is 0. The van der Waals surface area contributed by atoms with Crippen LogP contribution in [0.1, 0.15) is 35.8 Å². The Kier molecular flexibility index (Phi) is 6.93. The van der Waals surface area contributed by atoms with E-state index in [1.165, 1.54) is 18.2 Å². The van der Waals surface area contributed by atoms with Gasteiger partial charge in [-0.15, -0.1) is 0 Å². The number of carbonyl (C=O) groups excluding carboxylic acids is 1. The van der Waals surface area contributed by atoms with Crippen molar-refractivity contribution in [1.82, 2.24) is 5.32 Å². The molecule has 0 aromatic heterocycles. The summed E-state index contributed by atoms with van der Waals surface area (Å²) in [6.45, 7) is 5.16. The molecule has 3 aromatic carbocycles. The van der Waals surface area contributed by atoms with E-state index in [0.717, 1.165) is 11.3 Å². The monoisotopic (exact) mass is 482 g/mol. The third kappa shape index (κ3) is 5.43. The second-order valence-corrected chi connectivity index (χ2v) is 9.37. The number of hydrogen-bond acceptors (Lipinski definition) is 6. The molecule has 0 spiro atoms. The normalized spacial score (nSPS) is 13.6. The van der Waals surface area contributed by atoms with Crippen LogP contribution in [0.4, 0.5) is 5.69 Å². The largest absolute Gasteiger partial charge is 0.494 e. The second-order valence-electron chi connectivity index (χ2n) is 7.69. The van der Waals surface area contributed by atoms with Gasteiger partial charge in [0.1, 0.15) is 19.0 Å². The van der Waals surface area contributed by atoms with E-state index >= 15 is 0 Å². The number of nitrogens with one attached hydrogen (secondary N) is 2. The fourth-order valence-corrected chi connectivity index (χ4v) is 4.58. The van der Waals surface area contributed by atoms with Gasteiger partial charge in [0, 0.05) is 17.3 Å². The Hall–Kier alpha value is -3.72. The predicted molar refractivity (Wildman–Crippen MR) is 128 cm³/mol. The van der Waals surface area contributed by atoms with Crippen LogP contribution in [0, 0.1) is 0 Å². The Morgan fingerprint density at radius 2 is 1.74 bits per heavy atom. The molecule has 2 N–H and O–H groups in total. The number of hydrogen-bond donors (Lipinski definition) is 2. The molecule has 1 heterocycles. The van der Waals surface area contributed by atoms with Crippen LogP contribution in [0.25, 0.3) is 0 Å². The zero-order valence-electron chi connectivity index (χ0n) is 18.9. The van der Waals surface area contributed by atoms with E-state index in [1.54, 1.807) is 24.3 Å². The highest BCUT2D eigenvalue weighted by atomic mass is 32.2. The third-order valence-corrected chi connectivity index (χ3v) is 6.62. The molecule has 0 aliphatic carbocycles. The van der Waals surface area contributed by atoms with Gasteiger partial charge in [0.05, 0.1) is 17.5 Å². The summed E-state index contributed by atoms with van der Waals surface area (Å²) in [6, 6.07) is 18.0. The highest BCUT2D eigenvalue weighted by Gasteiger charge is 2.20. The minimum absolute atomic E-state index is 0.0377. The molecule has 0 bridgehead atoms. The second kappa shape index (κ2) is 10.0. The van der Waals surface area contributed by atoms with Gasteiger partial charge < -0.3 is 19.5 Å². The SMILES string of the molecule is CCOc1ccc(C(C)NC(=O)c2cccc(NS(=O)(=O)c3ccc4c(c3)OCCO4)c2)cc1. The zero-order chi connectivity index (χ0) is 24.1. The van der Waals surface area contributed by atoms with Crippen molar-refractivity contribution in [2.24, 2.45) is 0 Å². The van der Waals surface area contributed by atoms with Crippen LogP contribution < -0.4 is 24.2 Å². The molecule has 34 heavy (non-hydrogen) atoms. The number of ether oxygens (including phenoxy) is 3. The topological polar surface area (TPSA) is 103 Å².